The highest BCUT2D eigenvalue weighted by Gasteiger charge is 2.77. The largest absolute Gasteiger partial charge is 0.481 e. The molecule has 0 heterocycles. The molecular formula is C13H19N3O7. The molecule has 23 heavy (non-hydrogen) atoms. The number of nitrogens with zero attached hydrogens (tertiary/aromatic N) is 1. The molecule has 6 N–H and O–H groups in total. The number of nitrogens with two attached hydrogens (primary N) is 1. The van der Waals surface area contributed by atoms with E-state index in [1.54, 1.807) is 0 Å². The van der Waals surface area contributed by atoms with Gasteiger partial charge in [0, 0.05) is 24.7 Å². The maximum Gasteiger partial charge on any atom is 0.332 e. The van der Waals surface area contributed by atoms with E-state index in [9.17, 15) is 34.5 Å². The molecule has 2 amide bonds. The van der Waals surface area contributed by atoms with Crippen molar-refractivity contribution < 1.29 is 34.5 Å². The molecule has 2 saturated carbocycles. The Balaban J connectivity index is 2.46. The van der Waals surface area contributed by atoms with Gasteiger partial charge in [-0.15, -0.1) is 0 Å². The molecule has 0 radical (unpaired) electrons. The van der Waals surface area contributed by atoms with Gasteiger partial charge in [-0.25, -0.2) is 9.80 Å². The van der Waals surface area contributed by atoms with Crippen molar-refractivity contribution in [2.24, 2.45) is 23.5 Å². The molecule has 0 spiro atoms. The van der Waals surface area contributed by atoms with Crippen LogP contribution in [0.4, 0.5) is 0 Å². The molecule has 2 fully saturated rings. The van der Waals surface area contributed by atoms with Gasteiger partial charge in [0.1, 0.15) is 0 Å². The number of hydrogen-bond donors (Lipinski definition) is 5. The predicted molar refractivity (Wildman–Crippen MR) is 73.4 cm³/mol. The smallest absolute Gasteiger partial charge is 0.332 e. The fourth-order valence-corrected chi connectivity index (χ4v) is 3.62. The van der Waals surface area contributed by atoms with Crippen LogP contribution in [0, 0.1) is 17.8 Å². The maximum atomic E-state index is 12.2. The van der Waals surface area contributed by atoms with Crippen LogP contribution in [-0.2, 0) is 19.2 Å². The van der Waals surface area contributed by atoms with Gasteiger partial charge in [0.25, 0.3) is 5.91 Å². The van der Waals surface area contributed by atoms with Crippen LogP contribution in [0.2, 0.25) is 0 Å². The summed E-state index contributed by atoms with van der Waals surface area (Å²) >= 11 is 0. The van der Waals surface area contributed by atoms with E-state index >= 15 is 0 Å². The summed E-state index contributed by atoms with van der Waals surface area (Å²) in [4.78, 5) is 46.9. The molecule has 128 valence electrons. The Bertz CT molecular complexity index is 566. The van der Waals surface area contributed by atoms with E-state index in [-0.39, 0.29) is 12.8 Å². The lowest BCUT2D eigenvalue weighted by atomic mass is 9.88. The molecular weight excluding hydrogens is 310 g/mol. The Morgan fingerprint density at radius 1 is 1.30 bits per heavy atom. The van der Waals surface area contributed by atoms with Crippen molar-refractivity contribution >= 4 is 23.8 Å². The molecule has 2 aliphatic rings. The Kier molecular flexibility index (Phi) is 4.31. The second kappa shape index (κ2) is 5.78. The molecule has 0 aromatic carbocycles. The molecule has 0 aromatic rings. The number of aliphatic hydroxyl groups excluding tert-OH is 1. The fraction of sp³-hybridized carbons (Fsp3) is 0.692. The summed E-state index contributed by atoms with van der Waals surface area (Å²) in [6, 6.07) is 0. The summed E-state index contributed by atoms with van der Waals surface area (Å²) < 4.78 is 0. The molecule has 2 aliphatic carbocycles. The number of fused-ring (bicyclic) bond motifs is 1. The minimum atomic E-state index is -1.99. The van der Waals surface area contributed by atoms with E-state index in [4.69, 9.17) is 5.73 Å². The van der Waals surface area contributed by atoms with Crippen molar-refractivity contribution in [3.8, 4) is 0 Å². The summed E-state index contributed by atoms with van der Waals surface area (Å²) in [6.45, 7) is 1.01. The predicted octanol–water partition coefficient (Wildman–Crippen LogP) is -2.25. The van der Waals surface area contributed by atoms with Gasteiger partial charge in [-0.2, -0.15) is 0 Å². The van der Waals surface area contributed by atoms with Crippen molar-refractivity contribution in [3.63, 3.8) is 0 Å². The molecule has 2 rings (SSSR count). The molecule has 10 nitrogen and oxygen atoms in total. The first-order chi connectivity index (χ1) is 10.7. The van der Waals surface area contributed by atoms with E-state index in [2.05, 4.69) is 5.43 Å². The molecule has 0 unspecified atom stereocenters. The summed E-state index contributed by atoms with van der Waals surface area (Å²) in [5.74, 6) is -6.98. The van der Waals surface area contributed by atoms with Crippen LogP contribution in [0.1, 0.15) is 19.8 Å². The minimum Gasteiger partial charge on any atom is -0.481 e. The average molecular weight is 329 g/mol. The minimum absolute atomic E-state index is 0.106. The number of rotatable bonds is 5. The molecule has 0 aromatic heterocycles. The van der Waals surface area contributed by atoms with Gasteiger partial charge < -0.3 is 21.1 Å². The molecule has 0 bridgehead atoms. The Labute approximate surface area is 131 Å². The van der Waals surface area contributed by atoms with E-state index in [0.29, 0.717) is 5.01 Å². The SMILES string of the molecule is CCC(=O)N(NC(=O)CN)[C@@]1(C(=O)O)C[C@H](O)[C@H]2[C@H](C(=O)O)[C@H]21. The van der Waals surface area contributed by atoms with Crippen molar-refractivity contribution in [3.05, 3.63) is 0 Å². The van der Waals surface area contributed by atoms with Gasteiger partial charge in [0.2, 0.25) is 5.91 Å². The summed E-state index contributed by atoms with van der Waals surface area (Å²) in [6.07, 6.45) is -1.64. The highest BCUT2D eigenvalue weighted by Crippen LogP contribution is 2.64. The summed E-state index contributed by atoms with van der Waals surface area (Å²) in [5, 5.41) is 29.6. The van der Waals surface area contributed by atoms with Crippen molar-refractivity contribution in [2.45, 2.75) is 31.4 Å². The number of aliphatic hydroxyl groups is 1. The Hall–Kier alpha value is -2.20. The third kappa shape index (κ3) is 2.43. The Morgan fingerprint density at radius 2 is 1.91 bits per heavy atom. The second-order valence-electron chi connectivity index (χ2n) is 5.79. The van der Waals surface area contributed by atoms with Crippen LogP contribution in [0.15, 0.2) is 0 Å². The van der Waals surface area contributed by atoms with Crippen molar-refractivity contribution in [1.82, 2.24) is 10.4 Å². The number of amides is 2. The fourth-order valence-electron chi connectivity index (χ4n) is 3.62. The van der Waals surface area contributed by atoms with Gasteiger partial charge in [0.05, 0.1) is 18.6 Å². The summed E-state index contributed by atoms with van der Waals surface area (Å²) in [7, 11) is 0. The number of hydrogen-bond acceptors (Lipinski definition) is 6. The number of carbonyl (C=O) groups is 4. The third-order valence-electron chi connectivity index (χ3n) is 4.62. The first-order valence-electron chi connectivity index (χ1n) is 7.19. The van der Waals surface area contributed by atoms with E-state index < -0.39 is 59.7 Å². The first-order valence-corrected chi connectivity index (χ1v) is 7.19. The van der Waals surface area contributed by atoms with Crippen LogP contribution >= 0.6 is 0 Å². The zero-order valence-electron chi connectivity index (χ0n) is 12.4. The third-order valence-corrected chi connectivity index (χ3v) is 4.62. The molecule has 10 heteroatoms. The second-order valence-corrected chi connectivity index (χ2v) is 5.79. The highest BCUT2D eigenvalue weighted by atomic mass is 16.4. The van der Waals surface area contributed by atoms with Crippen LogP contribution in [0.5, 0.6) is 0 Å². The first kappa shape index (κ1) is 17.2. The quantitative estimate of drug-likeness (QED) is 0.352. The topological polar surface area (TPSA) is 170 Å². The number of carboxylic acids is 2. The number of hydrazine groups is 1. The van der Waals surface area contributed by atoms with Crippen LogP contribution in [0.25, 0.3) is 0 Å². The van der Waals surface area contributed by atoms with Crippen molar-refractivity contribution in [1.29, 1.82) is 0 Å². The Morgan fingerprint density at radius 3 is 2.30 bits per heavy atom. The number of nitrogens with one attached hydrogen (secondary N) is 1. The zero-order valence-corrected chi connectivity index (χ0v) is 12.4. The number of aliphatic carboxylic acids is 2. The van der Waals surface area contributed by atoms with Gasteiger partial charge in [-0.1, -0.05) is 6.92 Å². The number of carbonyl (C=O) groups excluding carboxylic acids is 2. The van der Waals surface area contributed by atoms with Gasteiger partial charge in [-0.3, -0.25) is 19.8 Å². The number of carboxylic acid groups (broad SMARTS) is 2. The van der Waals surface area contributed by atoms with Crippen molar-refractivity contribution in [2.75, 3.05) is 6.54 Å². The van der Waals surface area contributed by atoms with E-state index in [1.807, 2.05) is 0 Å². The standard InChI is InChI=1S/C13H19N3O7/c1-2-7(19)16(15-6(18)4-14)13(12(22)23)3-5(17)8-9(10(8)13)11(20)21/h5,8-10,17H,2-4,14H2,1H3,(H,15,18)(H,20,21)(H,22,23)/t5-,8-,9-,10-,13-/m0/s1. The van der Waals surface area contributed by atoms with Gasteiger partial charge >= 0.3 is 11.9 Å². The summed E-state index contributed by atoms with van der Waals surface area (Å²) in [5.41, 5.74) is 5.35. The van der Waals surface area contributed by atoms with Crippen LogP contribution in [-0.4, -0.2) is 62.3 Å². The van der Waals surface area contributed by atoms with E-state index in [0.717, 1.165) is 0 Å². The lowest BCUT2D eigenvalue weighted by Gasteiger charge is -2.39. The highest BCUT2D eigenvalue weighted by molar-refractivity contribution is 5.92. The lowest BCUT2D eigenvalue weighted by Crippen LogP contribution is -2.65. The van der Waals surface area contributed by atoms with Crippen LogP contribution < -0.4 is 11.2 Å². The normalized spacial score (nSPS) is 34.4. The monoisotopic (exact) mass is 329 g/mol. The molecule has 5 atom stereocenters. The maximum absolute atomic E-state index is 12.2. The lowest BCUT2D eigenvalue weighted by molar-refractivity contribution is -0.169. The molecule has 0 saturated heterocycles. The molecule has 0 aliphatic heterocycles. The van der Waals surface area contributed by atoms with Gasteiger partial charge in [-0.05, 0) is 0 Å². The van der Waals surface area contributed by atoms with Gasteiger partial charge in [0.15, 0.2) is 5.54 Å². The van der Waals surface area contributed by atoms with Crippen LogP contribution in [0.3, 0.4) is 0 Å². The van der Waals surface area contributed by atoms with E-state index in [1.165, 1.54) is 6.92 Å². The zero-order chi connectivity index (χ0) is 17.5. The average Bonchev–Trinajstić information content (AvgIpc) is 3.18.